The Hall–Kier alpha value is -0.0400. The van der Waals surface area contributed by atoms with Crippen molar-refractivity contribution in [3.63, 3.8) is 0 Å². The standard InChI is InChI=1S/C21H36O/c1-4-14-6-8-18-17-7-5-15-13-16(22)9-11-21(15,3)19(17)10-12-20(14,18)2/h14-19,22H,4-13H2,1-3H3/t14-,15-,16+,17?,18?,19?,20+,21-/m0/s1. The lowest BCUT2D eigenvalue weighted by atomic mass is 9.44. The lowest BCUT2D eigenvalue weighted by molar-refractivity contribution is -0.126. The molecule has 0 aromatic heterocycles. The van der Waals surface area contributed by atoms with Gasteiger partial charge >= 0.3 is 0 Å². The summed E-state index contributed by atoms with van der Waals surface area (Å²) >= 11 is 0. The first-order valence-electron chi connectivity index (χ1n) is 10.2. The zero-order chi connectivity index (χ0) is 15.5. The molecule has 4 fully saturated rings. The summed E-state index contributed by atoms with van der Waals surface area (Å²) in [6, 6.07) is 0. The van der Waals surface area contributed by atoms with E-state index in [1.165, 1.54) is 51.4 Å². The first-order chi connectivity index (χ1) is 10.5. The minimum Gasteiger partial charge on any atom is -0.393 e. The van der Waals surface area contributed by atoms with Gasteiger partial charge in [-0.1, -0.05) is 27.2 Å². The third-order valence-electron chi connectivity index (χ3n) is 9.33. The summed E-state index contributed by atoms with van der Waals surface area (Å²) in [6.45, 7) is 7.68. The fourth-order valence-corrected chi connectivity index (χ4v) is 8.01. The summed E-state index contributed by atoms with van der Waals surface area (Å²) in [7, 11) is 0. The Bertz CT molecular complexity index is 432. The highest BCUT2D eigenvalue weighted by Crippen LogP contribution is 2.67. The molecule has 126 valence electrons. The van der Waals surface area contributed by atoms with Crippen molar-refractivity contribution in [2.24, 2.45) is 40.4 Å². The molecule has 8 atom stereocenters. The van der Waals surface area contributed by atoms with Crippen LogP contribution in [-0.4, -0.2) is 11.2 Å². The average molecular weight is 305 g/mol. The van der Waals surface area contributed by atoms with Crippen molar-refractivity contribution in [1.82, 2.24) is 0 Å². The molecular formula is C21H36O. The Morgan fingerprint density at radius 3 is 2.36 bits per heavy atom. The SMILES string of the molecule is CC[C@H]1CCC2C3CC[C@H]4C[C@H](O)CC[C@]4(C)C3CC[C@@]21C. The van der Waals surface area contributed by atoms with E-state index in [1.54, 1.807) is 0 Å². The topological polar surface area (TPSA) is 20.2 Å². The van der Waals surface area contributed by atoms with Crippen LogP contribution in [0.4, 0.5) is 0 Å². The van der Waals surface area contributed by atoms with Crippen molar-refractivity contribution < 1.29 is 5.11 Å². The third kappa shape index (κ3) is 2.00. The van der Waals surface area contributed by atoms with E-state index in [2.05, 4.69) is 20.8 Å². The Kier molecular flexibility index (Phi) is 3.68. The fourth-order valence-electron chi connectivity index (χ4n) is 8.01. The number of fused-ring (bicyclic) bond motifs is 5. The molecule has 0 radical (unpaired) electrons. The number of hydrogen-bond donors (Lipinski definition) is 1. The van der Waals surface area contributed by atoms with E-state index < -0.39 is 0 Å². The van der Waals surface area contributed by atoms with Crippen LogP contribution in [0.15, 0.2) is 0 Å². The molecule has 0 aliphatic heterocycles. The zero-order valence-electron chi connectivity index (χ0n) is 15.0. The molecule has 0 aromatic carbocycles. The van der Waals surface area contributed by atoms with Gasteiger partial charge in [-0.15, -0.1) is 0 Å². The van der Waals surface area contributed by atoms with Gasteiger partial charge in [0.15, 0.2) is 0 Å². The summed E-state index contributed by atoms with van der Waals surface area (Å²) < 4.78 is 0. The van der Waals surface area contributed by atoms with E-state index >= 15 is 0 Å². The smallest absolute Gasteiger partial charge is 0.0543 e. The normalized spacial score (nSPS) is 57.8. The van der Waals surface area contributed by atoms with Gasteiger partial charge in [0.1, 0.15) is 0 Å². The summed E-state index contributed by atoms with van der Waals surface area (Å²) in [5, 5.41) is 10.1. The van der Waals surface area contributed by atoms with Gasteiger partial charge in [-0.3, -0.25) is 0 Å². The molecule has 4 aliphatic carbocycles. The molecule has 3 unspecified atom stereocenters. The fraction of sp³-hybridized carbons (Fsp3) is 1.00. The molecule has 22 heavy (non-hydrogen) atoms. The Morgan fingerprint density at radius 1 is 0.864 bits per heavy atom. The van der Waals surface area contributed by atoms with Crippen LogP contribution in [0.2, 0.25) is 0 Å². The van der Waals surface area contributed by atoms with Crippen LogP contribution in [0.25, 0.3) is 0 Å². The van der Waals surface area contributed by atoms with Crippen molar-refractivity contribution in [2.45, 2.75) is 91.1 Å². The third-order valence-corrected chi connectivity index (χ3v) is 9.33. The van der Waals surface area contributed by atoms with Crippen LogP contribution >= 0.6 is 0 Å². The molecule has 0 spiro atoms. The van der Waals surface area contributed by atoms with Crippen molar-refractivity contribution in [1.29, 1.82) is 0 Å². The van der Waals surface area contributed by atoms with Crippen molar-refractivity contribution in [2.75, 3.05) is 0 Å². The molecule has 0 bridgehead atoms. The van der Waals surface area contributed by atoms with Gasteiger partial charge < -0.3 is 5.11 Å². The Labute approximate surface area is 137 Å². The van der Waals surface area contributed by atoms with Gasteiger partial charge in [-0.2, -0.15) is 0 Å². The lowest BCUT2D eigenvalue weighted by Crippen LogP contribution is -2.53. The summed E-state index contributed by atoms with van der Waals surface area (Å²) in [5.74, 6) is 4.79. The molecule has 0 aromatic rings. The first kappa shape index (κ1) is 15.5. The Morgan fingerprint density at radius 2 is 1.59 bits per heavy atom. The van der Waals surface area contributed by atoms with Crippen LogP contribution in [0.5, 0.6) is 0 Å². The second kappa shape index (κ2) is 5.23. The van der Waals surface area contributed by atoms with Crippen LogP contribution < -0.4 is 0 Å². The molecule has 0 amide bonds. The summed E-state index contributed by atoms with van der Waals surface area (Å²) in [5.41, 5.74) is 1.21. The van der Waals surface area contributed by atoms with E-state index in [0.29, 0.717) is 10.8 Å². The monoisotopic (exact) mass is 304 g/mol. The van der Waals surface area contributed by atoms with Crippen LogP contribution in [-0.2, 0) is 0 Å². The number of hydrogen-bond acceptors (Lipinski definition) is 1. The average Bonchev–Trinajstić information content (AvgIpc) is 2.84. The highest BCUT2D eigenvalue weighted by atomic mass is 16.3. The molecule has 0 heterocycles. The molecule has 1 N–H and O–H groups in total. The van der Waals surface area contributed by atoms with Gasteiger partial charge in [-0.25, -0.2) is 0 Å². The lowest BCUT2D eigenvalue weighted by Gasteiger charge is -2.61. The second-order valence-electron chi connectivity index (χ2n) is 9.81. The van der Waals surface area contributed by atoms with Crippen LogP contribution in [0.3, 0.4) is 0 Å². The maximum Gasteiger partial charge on any atom is 0.0543 e. The molecule has 4 saturated carbocycles. The molecule has 4 aliphatic rings. The molecular weight excluding hydrogens is 268 g/mol. The molecule has 1 heteroatoms. The van der Waals surface area contributed by atoms with Gasteiger partial charge in [0.25, 0.3) is 0 Å². The quantitative estimate of drug-likeness (QED) is 0.686. The number of rotatable bonds is 1. The van der Waals surface area contributed by atoms with E-state index in [0.717, 1.165) is 42.4 Å². The largest absolute Gasteiger partial charge is 0.393 e. The maximum atomic E-state index is 10.1. The first-order valence-corrected chi connectivity index (χ1v) is 10.2. The van der Waals surface area contributed by atoms with Crippen LogP contribution in [0.1, 0.15) is 85.0 Å². The maximum absolute atomic E-state index is 10.1. The highest BCUT2D eigenvalue weighted by Gasteiger charge is 2.59. The predicted molar refractivity (Wildman–Crippen MR) is 91.5 cm³/mol. The summed E-state index contributed by atoms with van der Waals surface area (Å²) in [6.07, 6.45) is 13.7. The van der Waals surface area contributed by atoms with Gasteiger partial charge in [0.2, 0.25) is 0 Å². The minimum absolute atomic E-state index is 0.000524. The minimum atomic E-state index is -0.000524. The van der Waals surface area contributed by atoms with Crippen molar-refractivity contribution in [3.8, 4) is 0 Å². The predicted octanol–water partition coefficient (Wildman–Crippen LogP) is 5.42. The number of aliphatic hydroxyl groups excluding tert-OH is 1. The Balaban J connectivity index is 1.61. The zero-order valence-corrected chi connectivity index (χ0v) is 15.0. The molecule has 4 rings (SSSR count). The number of aliphatic hydroxyl groups is 1. The van der Waals surface area contributed by atoms with Crippen molar-refractivity contribution >= 4 is 0 Å². The van der Waals surface area contributed by atoms with Crippen molar-refractivity contribution in [3.05, 3.63) is 0 Å². The van der Waals surface area contributed by atoms with Gasteiger partial charge in [-0.05, 0) is 98.2 Å². The highest BCUT2D eigenvalue weighted by molar-refractivity contribution is 5.08. The van der Waals surface area contributed by atoms with E-state index in [9.17, 15) is 5.11 Å². The molecule has 0 saturated heterocycles. The van der Waals surface area contributed by atoms with Crippen LogP contribution in [0, 0.1) is 40.4 Å². The summed E-state index contributed by atoms with van der Waals surface area (Å²) in [4.78, 5) is 0. The van der Waals surface area contributed by atoms with Gasteiger partial charge in [0, 0.05) is 0 Å². The second-order valence-corrected chi connectivity index (χ2v) is 9.81. The van der Waals surface area contributed by atoms with E-state index in [1.807, 2.05) is 0 Å². The van der Waals surface area contributed by atoms with Gasteiger partial charge in [0.05, 0.1) is 6.10 Å². The van der Waals surface area contributed by atoms with E-state index in [-0.39, 0.29) is 6.10 Å². The van der Waals surface area contributed by atoms with E-state index in [4.69, 9.17) is 0 Å². The molecule has 1 nitrogen and oxygen atoms in total.